The van der Waals surface area contributed by atoms with E-state index in [4.69, 9.17) is 0 Å². The molecule has 0 bridgehead atoms. The number of nitrogens with zero attached hydrogens (tertiary/aromatic N) is 1. The fourth-order valence-electron chi connectivity index (χ4n) is 2.51. The minimum Gasteiger partial charge on any atom is -0.357 e. The second-order valence-corrected chi connectivity index (χ2v) is 7.70. The van der Waals surface area contributed by atoms with E-state index in [-0.39, 0.29) is 4.90 Å². The van der Waals surface area contributed by atoms with Gasteiger partial charge in [-0.05, 0) is 54.8 Å². The van der Waals surface area contributed by atoms with Crippen LogP contribution in [0.25, 0.3) is 11.1 Å². The molecule has 3 aromatic rings. The lowest BCUT2D eigenvalue weighted by molar-refractivity contribution is 0.601. The summed E-state index contributed by atoms with van der Waals surface area (Å²) < 4.78 is 29.9. The summed E-state index contributed by atoms with van der Waals surface area (Å²) in [6.45, 7) is 3.82. The Morgan fingerprint density at radius 2 is 1.62 bits per heavy atom. The Morgan fingerprint density at radius 3 is 2.25 bits per heavy atom. The smallest absolute Gasteiger partial charge is 0.261 e. The van der Waals surface area contributed by atoms with Crippen LogP contribution in [0, 0.1) is 13.8 Å². The third kappa shape index (κ3) is 3.36. The Balaban J connectivity index is 1.96. The average Bonchev–Trinajstić information content (AvgIpc) is 2.96. The van der Waals surface area contributed by atoms with Crippen molar-refractivity contribution in [3.05, 3.63) is 72.1 Å². The molecule has 0 saturated carbocycles. The van der Waals surface area contributed by atoms with Crippen LogP contribution in [0.5, 0.6) is 0 Å². The molecule has 0 aliphatic heterocycles. The Bertz CT molecular complexity index is 971. The van der Waals surface area contributed by atoms with Gasteiger partial charge in [-0.1, -0.05) is 29.8 Å². The first-order valence-corrected chi connectivity index (χ1v) is 9.16. The summed E-state index contributed by atoms with van der Waals surface area (Å²) in [5.41, 5.74) is 4.52. The van der Waals surface area contributed by atoms with E-state index in [1.807, 2.05) is 62.1 Å². The molecule has 0 spiro atoms. The fraction of sp³-hybridized carbons (Fsp3) is 0.158. The van der Waals surface area contributed by atoms with Crippen LogP contribution in [-0.4, -0.2) is 13.0 Å². The van der Waals surface area contributed by atoms with Crippen molar-refractivity contribution < 1.29 is 8.42 Å². The second-order valence-electron chi connectivity index (χ2n) is 6.01. The predicted octanol–water partition coefficient (Wildman–Crippen LogP) is 4.11. The van der Waals surface area contributed by atoms with Crippen molar-refractivity contribution in [2.45, 2.75) is 18.7 Å². The predicted molar refractivity (Wildman–Crippen MR) is 97.6 cm³/mol. The van der Waals surface area contributed by atoms with E-state index in [0.29, 0.717) is 5.69 Å². The highest BCUT2D eigenvalue weighted by atomic mass is 32.2. The molecular weight excluding hydrogens is 320 g/mol. The van der Waals surface area contributed by atoms with E-state index in [0.717, 1.165) is 22.3 Å². The number of anilines is 1. The molecule has 4 nitrogen and oxygen atoms in total. The first-order chi connectivity index (χ1) is 11.3. The topological polar surface area (TPSA) is 51.1 Å². The van der Waals surface area contributed by atoms with Gasteiger partial charge in [0, 0.05) is 19.4 Å². The summed E-state index contributed by atoms with van der Waals surface area (Å²) in [7, 11) is -1.64. The van der Waals surface area contributed by atoms with Crippen molar-refractivity contribution >= 4 is 15.7 Å². The van der Waals surface area contributed by atoms with Crippen LogP contribution in [0.1, 0.15) is 11.1 Å². The van der Waals surface area contributed by atoms with Gasteiger partial charge in [-0.2, -0.15) is 0 Å². The van der Waals surface area contributed by atoms with Crippen molar-refractivity contribution in [1.29, 1.82) is 0 Å². The highest BCUT2D eigenvalue weighted by molar-refractivity contribution is 7.92. The summed E-state index contributed by atoms with van der Waals surface area (Å²) in [6, 6.07) is 14.6. The van der Waals surface area contributed by atoms with Crippen molar-refractivity contribution in [1.82, 2.24) is 4.57 Å². The molecule has 0 fully saturated rings. The van der Waals surface area contributed by atoms with Gasteiger partial charge >= 0.3 is 0 Å². The van der Waals surface area contributed by atoms with Gasteiger partial charge in [-0.3, -0.25) is 4.72 Å². The van der Waals surface area contributed by atoms with Gasteiger partial charge in [-0.15, -0.1) is 0 Å². The number of nitrogens with one attached hydrogen (secondary N) is 1. The van der Waals surface area contributed by atoms with E-state index >= 15 is 0 Å². The van der Waals surface area contributed by atoms with Crippen LogP contribution >= 0.6 is 0 Å². The van der Waals surface area contributed by atoms with Gasteiger partial charge in [0.2, 0.25) is 0 Å². The zero-order valence-corrected chi connectivity index (χ0v) is 14.8. The maximum atomic E-state index is 12.6. The summed E-state index contributed by atoms with van der Waals surface area (Å²) in [4.78, 5) is 0.262. The molecule has 0 atom stereocenters. The van der Waals surface area contributed by atoms with Crippen LogP contribution < -0.4 is 4.72 Å². The van der Waals surface area contributed by atoms with Gasteiger partial charge in [0.15, 0.2) is 0 Å². The fourth-order valence-corrected chi connectivity index (χ4v) is 3.63. The molecule has 0 amide bonds. The maximum absolute atomic E-state index is 12.6. The SMILES string of the molecule is Cc1ccc(S(=O)(=O)Nc2cc(-c3ccn(C)c3)ccc2C)cc1. The molecular formula is C19H20N2O2S. The van der Waals surface area contributed by atoms with Crippen LogP contribution in [0.4, 0.5) is 5.69 Å². The molecule has 0 saturated heterocycles. The minimum atomic E-state index is -3.60. The highest BCUT2D eigenvalue weighted by Crippen LogP contribution is 2.27. The molecule has 0 unspecified atom stereocenters. The third-order valence-corrected chi connectivity index (χ3v) is 5.36. The number of aryl methyl sites for hydroxylation is 3. The molecule has 1 heterocycles. The summed E-state index contributed by atoms with van der Waals surface area (Å²) in [6.07, 6.45) is 3.97. The zero-order valence-electron chi connectivity index (χ0n) is 13.9. The lowest BCUT2D eigenvalue weighted by Gasteiger charge is -2.12. The van der Waals surface area contributed by atoms with Gasteiger partial charge in [-0.25, -0.2) is 8.42 Å². The lowest BCUT2D eigenvalue weighted by Crippen LogP contribution is -2.13. The third-order valence-electron chi connectivity index (χ3n) is 3.98. The van der Waals surface area contributed by atoms with Gasteiger partial charge in [0.05, 0.1) is 10.6 Å². The minimum absolute atomic E-state index is 0.262. The molecule has 2 aromatic carbocycles. The number of aromatic nitrogens is 1. The molecule has 0 aliphatic carbocycles. The number of hydrogen-bond donors (Lipinski definition) is 1. The molecule has 5 heteroatoms. The Morgan fingerprint density at radius 1 is 0.917 bits per heavy atom. The Hall–Kier alpha value is -2.53. The van der Waals surface area contributed by atoms with Crippen LogP contribution in [0.15, 0.2) is 65.8 Å². The van der Waals surface area contributed by atoms with Crippen LogP contribution in [0.3, 0.4) is 0 Å². The molecule has 24 heavy (non-hydrogen) atoms. The van der Waals surface area contributed by atoms with E-state index in [1.54, 1.807) is 24.3 Å². The summed E-state index contributed by atoms with van der Waals surface area (Å²) in [5.74, 6) is 0. The van der Waals surface area contributed by atoms with Crippen LogP contribution in [-0.2, 0) is 17.1 Å². The maximum Gasteiger partial charge on any atom is 0.261 e. The van der Waals surface area contributed by atoms with E-state index in [2.05, 4.69) is 4.72 Å². The quantitative estimate of drug-likeness (QED) is 0.777. The monoisotopic (exact) mass is 340 g/mol. The Kier molecular flexibility index (Phi) is 4.20. The lowest BCUT2D eigenvalue weighted by atomic mass is 10.1. The highest BCUT2D eigenvalue weighted by Gasteiger charge is 2.15. The standard InChI is InChI=1S/C19H20N2O2S/c1-14-4-8-18(9-5-14)24(22,23)20-19-12-16(7-6-15(19)2)17-10-11-21(3)13-17/h4-13,20H,1-3H3. The number of benzene rings is 2. The largest absolute Gasteiger partial charge is 0.357 e. The zero-order chi connectivity index (χ0) is 17.3. The van der Waals surface area contributed by atoms with Crippen molar-refractivity contribution in [2.24, 2.45) is 7.05 Å². The molecule has 1 aromatic heterocycles. The summed E-state index contributed by atoms with van der Waals surface area (Å²) in [5, 5.41) is 0. The van der Waals surface area contributed by atoms with Crippen molar-refractivity contribution in [2.75, 3.05) is 4.72 Å². The van der Waals surface area contributed by atoms with E-state index < -0.39 is 10.0 Å². The van der Waals surface area contributed by atoms with Gasteiger partial charge < -0.3 is 4.57 Å². The second kappa shape index (κ2) is 6.17. The van der Waals surface area contributed by atoms with E-state index in [9.17, 15) is 8.42 Å². The van der Waals surface area contributed by atoms with E-state index in [1.165, 1.54) is 0 Å². The van der Waals surface area contributed by atoms with Gasteiger partial charge in [0.1, 0.15) is 0 Å². The van der Waals surface area contributed by atoms with Crippen LogP contribution in [0.2, 0.25) is 0 Å². The molecule has 124 valence electrons. The van der Waals surface area contributed by atoms with Crippen molar-refractivity contribution in [3.8, 4) is 11.1 Å². The Labute approximate surface area is 142 Å². The summed E-state index contributed by atoms with van der Waals surface area (Å²) >= 11 is 0. The first kappa shape index (κ1) is 16.3. The average molecular weight is 340 g/mol. The number of sulfonamides is 1. The molecule has 1 N–H and O–H groups in total. The normalized spacial score (nSPS) is 11.5. The number of hydrogen-bond acceptors (Lipinski definition) is 2. The molecule has 0 radical (unpaired) electrons. The molecule has 3 rings (SSSR count). The molecule has 0 aliphatic rings. The van der Waals surface area contributed by atoms with Crippen molar-refractivity contribution in [3.63, 3.8) is 0 Å². The number of rotatable bonds is 4. The van der Waals surface area contributed by atoms with Gasteiger partial charge in [0.25, 0.3) is 10.0 Å². The first-order valence-electron chi connectivity index (χ1n) is 7.68.